The van der Waals surface area contributed by atoms with Gasteiger partial charge in [-0.1, -0.05) is 26.0 Å². The maximum Gasteiger partial charge on any atom is 0.116 e. The molecule has 2 rings (SSSR count). The zero-order valence-corrected chi connectivity index (χ0v) is 7.86. The van der Waals surface area contributed by atoms with Crippen molar-refractivity contribution in [2.24, 2.45) is 0 Å². The highest BCUT2D eigenvalue weighted by molar-refractivity contribution is 5.81. The fraction of sp³-hybridized carbons (Fsp3) is 0.273. The van der Waals surface area contributed by atoms with Crippen LogP contribution in [0.3, 0.4) is 0 Å². The van der Waals surface area contributed by atoms with Crippen molar-refractivity contribution < 1.29 is 0 Å². The lowest BCUT2D eigenvalue weighted by atomic mass is 9.99. The van der Waals surface area contributed by atoms with E-state index in [-0.39, 0.29) is 0 Å². The highest BCUT2D eigenvalue weighted by Gasteiger charge is 2.04. The van der Waals surface area contributed by atoms with E-state index < -0.39 is 0 Å². The van der Waals surface area contributed by atoms with Gasteiger partial charge in [0.25, 0.3) is 0 Å². The van der Waals surface area contributed by atoms with E-state index >= 15 is 0 Å². The van der Waals surface area contributed by atoms with Crippen molar-refractivity contribution in [3.05, 3.63) is 36.3 Å². The Kier molecular flexibility index (Phi) is 1.97. The molecule has 0 aliphatic heterocycles. The molecule has 0 fully saturated rings. The molecule has 13 heavy (non-hydrogen) atoms. The van der Waals surface area contributed by atoms with E-state index in [0.29, 0.717) is 5.92 Å². The molecule has 1 aromatic carbocycles. The number of benzene rings is 1. The van der Waals surface area contributed by atoms with Crippen LogP contribution in [0.1, 0.15) is 25.3 Å². The zero-order valence-electron chi connectivity index (χ0n) is 7.86. The van der Waals surface area contributed by atoms with E-state index in [9.17, 15) is 0 Å². The average Bonchev–Trinajstić information content (AvgIpc) is 2.17. The number of aromatic nitrogens is 2. The van der Waals surface area contributed by atoms with Gasteiger partial charge in [-0.3, -0.25) is 0 Å². The molecule has 0 saturated heterocycles. The summed E-state index contributed by atoms with van der Waals surface area (Å²) in [6.07, 6.45) is 3.48. The fourth-order valence-corrected chi connectivity index (χ4v) is 1.53. The van der Waals surface area contributed by atoms with Gasteiger partial charge in [-0.2, -0.15) is 0 Å². The molecular weight excluding hydrogens is 160 g/mol. The Morgan fingerprint density at radius 2 is 2.08 bits per heavy atom. The van der Waals surface area contributed by atoms with Crippen LogP contribution in [0.15, 0.2) is 30.7 Å². The second kappa shape index (κ2) is 3.13. The largest absolute Gasteiger partial charge is 0.244 e. The van der Waals surface area contributed by atoms with Crippen LogP contribution < -0.4 is 0 Å². The summed E-state index contributed by atoms with van der Waals surface area (Å²) in [5, 5.41) is 1.17. The quantitative estimate of drug-likeness (QED) is 0.661. The van der Waals surface area contributed by atoms with Crippen LogP contribution in [-0.2, 0) is 0 Å². The maximum absolute atomic E-state index is 4.21. The molecular formula is C11H12N2. The Bertz CT molecular complexity index is 416. The first kappa shape index (κ1) is 8.17. The van der Waals surface area contributed by atoms with Crippen LogP contribution in [0.4, 0.5) is 0 Å². The molecule has 66 valence electrons. The Hall–Kier alpha value is -1.44. The van der Waals surface area contributed by atoms with E-state index in [0.717, 1.165) is 5.52 Å². The van der Waals surface area contributed by atoms with Crippen molar-refractivity contribution in [2.75, 3.05) is 0 Å². The van der Waals surface area contributed by atoms with Crippen LogP contribution in [0.25, 0.3) is 10.9 Å². The molecule has 0 radical (unpaired) electrons. The minimum Gasteiger partial charge on any atom is -0.244 e. The first-order chi connectivity index (χ1) is 6.29. The van der Waals surface area contributed by atoms with Gasteiger partial charge in [0, 0.05) is 11.6 Å². The molecule has 0 spiro atoms. The Balaban J connectivity index is 2.76. The highest BCUT2D eigenvalue weighted by Crippen LogP contribution is 2.22. The lowest BCUT2D eigenvalue weighted by Gasteiger charge is -2.07. The van der Waals surface area contributed by atoms with E-state index in [1.54, 1.807) is 6.33 Å². The van der Waals surface area contributed by atoms with Gasteiger partial charge in [-0.05, 0) is 17.5 Å². The predicted octanol–water partition coefficient (Wildman–Crippen LogP) is 2.75. The van der Waals surface area contributed by atoms with E-state index in [2.05, 4.69) is 29.9 Å². The minimum atomic E-state index is 0.523. The molecule has 0 atom stereocenters. The van der Waals surface area contributed by atoms with Crippen LogP contribution >= 0.6 is 0 Å². The van der Waals surface area contributed by atoms with Crippen molar-refractivity contribution in [1.29, 1.82) is 0 Å². The summed E-state index contributed by atoms with van der Waals surface area (Å²) in [5.74, 6) is 0.523. The Morgan fingerprint density at radius 3 is 2.85 bits per heavy atom. The molecule has 0 unspecified atom stereocenters. The molecule has 0 amide bonds. The highest BCUT2D eigenvalue weighted by atomic mass is 14.8. The number of rotatable bonds is 1. The number of hydrogen-bond donors (Lipinski definition) is 0. The molecule has 0 bridgehead atoms. The first-order valence-electron chi connectivity index (χ1n) is 4.47. The lowest BCUT2D eigenvalue weighted by Crippen LogP contribution is -1.90. The fourth-order valence-electron chi connectivity index (χ4n) is 1.53. The third-order valence-corrected chi connectivity index (χ3v) is 2.21. The maximum atomic E-state index is 4.21. The first-order valence-corrected chi connectivity index (χ1v) is 4.47. The average molecular weight is 172 g/mol. The third kappa shape index (κ3) is 1.39. The number of nitrogens with zero attached hydrogens (tertiary/aromatic N) is 2. The van der Waals surface area contributed by atoms with Crippen LogP contribution in [0.5, 0.6) is 0 Å². The van der Waals surface area contributed by atoms with Gasteiger partial charge in [-0.25, -0.2) is 9.97 Å². The summed E-state index contributed by atoms with van der Waals surface area (Å²) in [7, 11) is 0. The number of fused-ring (bicyclic) bond motifs is 1. The van der Waals surface area contributed by atoms with Gasteiger partial charge in [0.2, 0.25) is 0 Å². The normalized spacial score (nSPS) is 11.0. The summed E-state index contributed by atoms with van der Waals surface area (Å²) in [6, 6.07) is 6.20. The van der Waals surface area contributed by atoms with Gasteiger partial charge >= 0.3 is 0 Å². The topological polar surface area (TPSA) is 25.8 Å². The van der Waals surface area contributed by atoms with Crippen molar-refractivity contribution in [1.82, 2.24) is 9.97 Å². The van der Waals surface area contributed by atoms with E-state index in [1.165, 1.54) is 10.9 Å². The van der Waals surface area contributed by atoms with Crippen LogP contribution in [0, 0.1) is 0 Å². The monoisotopic (exact) mass is 172 g/mol. The minimum absolute atomic E-state index is 0.523. The van der Waals surface area contributed by atoms with Crippen molar-refractivity contribution >= 4 is 10.9 Å². The Labute approximate surface area is 77.6 Å². The summed E-state index contributed by atoms with van der Waals surface area (Å²) >= 11 is 0. The zero-order chi connectivity index (χ0) is 9.26. The summed E-state index contributed by atoms with van der Waals surface area (Å²) in [6.45, 7) is 4.36. The van der Waals surface area contributed by atoms with Gasteiger partial charge < -0.3 is 0 Å². The SMILES string of the molecule is CC(C)c1cccc2ncncc12. The standard InChI is InChI=1S/C11H12N2/c1-8(2)9-4-3-5-11-10(9)6-12-7-13-11/h3-8H,1-2H3. The second-order valence-corrected chi connectivity index (χ2v) is 3.46. The second-order valence-electron chi connectivity index (χ2n) is 3.46. The van der Waals surface area contributed by atoms with Gasteiger partial charge in [0.05, 0.1) is 5.52 Å². The van der Waals surface area contributed by atoms with E-state index in [1.807, 2.05) is 18.3 Å². The Morgan fingerprint density at radius 1 is 1.23 bits per heavy atom. The smallest absolute Gasteiger partial charge is 0.116 e. The van der Waals surface area contributed by atoms with Crippen molar-refractivity contribution in [3.63, 3.8) is 0 Å². The molecule has 1 heterocycles. The number of hydrogen-bond acceptors (Lipinski definition) is 2. The van der Waals surface area contributed by atoms with Crippen molar-refractivity contribution in [3.8, 4) is 0 Å². The molecule has 2 heteroatoms. The summed E-state index contributed by atoms with van der Waals surface area (Å²) in [4.78, 5) is 8.26. The van der Waals surface area contributed by atoms with Crippen molar-refractivity contribution in [2.45, 2.75) is 19.8 Å². The molecule has 0 aliphatic carbocycles. The molecule has 2 aromatic rings. The molecule has 2 nitrogen and oxygen atoms in total. The molecule has 1 aromatic heterocycles. The van der Waals surface area contributed by atoms with Crippen LogP contribution in [-0.4, -0.2) is 9.97 Å². The molecule has 0 aliphatic rings. The van der Waals surface area contributed by atoms with Gasteiger partial charge in [0.1, 0.15) is 6.33 Å². The van der Waals surface area contributed by atoms with E-state index in [4.69, 9.17) is 0 Å². The summed E-state index contributed by atoms with van der Waals surface area (Å²) in [5.41, 5.74) is 2.35. The predicted molar refractivity (Wildman–Crippen MR) is 53.6 cm³/mol. The van der Waals surface area contributed by atoms with Gasteiger partial charge in [0.15, 0.2) is 0 Å². The molecule has 0 saturated carbocycles. The van der Waals surface area contributed by atoms with Gasteiger partial charge in [-0.15, -0.1) is 0 Å². The lowest BCUT2D eigenvalue weighted by molar-refractivity contribution is 0.875. The van der Waals surface area contributed by atoms with Crippen LogP contribution in [0.2, 0.25) is 0 Å². The third-order valence-electron chi connectivity index (χ3n) is 2.21. The summed E-state index contributed by atoms with van der Waals surface area (Å²) < 4.78 is 0. The molecule has 0 N–H and O–H groups in total.